The van der Waals surface area contributed by atoms with Crippen molar-refractivity contribution in [1.29, 1.82) is 0 Å². The van der Waals surface area contributed by atoms with Crippen LogP contribution >= 0.6 is 0 Å². The van der Waals surface area contributed by atoms with Crippen molar-refractivity contribution in [3.8, 4) is 17.4 Å². The van der Waals surface area contributed by atoms with E-state index in [1.54, 1.807) is 6.26 Å². The molecule has 0 aromatic carbocycles. The maximum atomic E-state index is 5.45. The van der Waals surface area contributed by atoms with Crippen LogP contribution in [0.2, 0.25) is 0 Å². The van der Waals surface area contributed by atoms with Gasteiger partial charge in [0.05, 0.1) is 11.8 Å². The zero-order valence-electron chi connectivity index (χ0n) is 9.97. The van der Waals surface area contributed by atoms with Gasteiger partial charge in [-0.2, -0.15) is 0 Å². The predicted molar refractivity (Wildman–Crippen MR) is 62.8 cm³/mol. The molecule has 17 heavy (non-hydrogen) atoms. The molecule has 2 aromatic rings. The van der Waals surface area contributed by atoms with E-state index in [1.807, 2.05) is 26.0 Å². The van der Waals surface area contributed by atoms with Crippen LogP contribution in [0.4, 0.5) is 0 Å². The molecule has 2 heterocycles. The predicted octanol–water partition coefficient (Wildman–Crippen LogP) is 2.40. The van der Waals surface area contributed by atoms with Crippen molar-refractivity contribution in [2.45, 2.75) is 19.8 Å². The van der Waals surface area contributed by atoms with Gasteiger partial charge in [0.25, 0.3) is 5.88 Å². The van der Waals surface area contributed by atoms with Gasteiger partial charge in [0.15, 0.2) is 5.76 Å². The summed E-state index contributed by atoms with van der Waals surface area (Å²) in [7, 11) is 0. The molecular weight excluding hydrogens is 220 g/mol. The van der Waals surface area contributed by atoms with Crippen LogP contribution in [0.15, 0.2) is 27.3 Å². The fourth-order valence-electron chi connectivity index (χ4n) is 1.64. The number of nitrogens with two attached hydrogens (primary N) is 1. The van der Waals surface area contributed by atoms with Crippen LogP contribution in [0, 0.1) is 0 Å². The van der Waals surface area contributed by atoms with Crippen LogP contribution in [-0.2, 0) is 0 Å². The number of ether oxygens (including phenoxy) is 1. The number of hydrogen-bond acceptors (Lipinski definition) is 5. The third kappa shape index (κ3) is 2.34. The largest absolute Gasteiger partial charge is 0.474 e. The smallest absolute Gasteiger partial charge is 0.258 e. The summed E-state index contributed by atoms with van der Waals surface area (Å²) in [5.74, 6) is 2.01. The molecule has 0 aliphatic heterocycles. The number of hydrogen-bond donors (Lipinski definition) is 1. The quantitative estimate of drug-likeness (QED) is 0.862. The molecule has 92 valence electrons. The van der Waals surface area contributed by atoms with Crippen molar-refractivity contribution in [2.75, 3.05) is 13.2 Å². The van der Waals surface area contributed by atoms with E-state index in [2.05, 4.69) is 5.16 Å². The molecule has 2 N–H and O–H groups in total. The Morgan fingerprint density at radius 3 is 2.88 bits per heavy atom. The van der Waals surface area contributed by atoms with Crippen LogP contribution in [-0.4, -0.2) is 18.3 Å². The molecular formula is C12H16N2O3. The highest BCUT2D eigenvalue weighted by molar-refractivity contribution is 5.58. The van der Waals surface area contributed by atoms with Gasteiger partial charge in [0.2, 0.25) is 5.76 Å². The molecule has 0 unspecified atom stereocenters. The summed E-state index contributed by atoms with van der Waals surface area (Å²) in [6.07, 6.45) is 1.60. The van der Waals surface area contributed by atoms with Gasteiger partial charge in [-0.05, 0) is 23.2 Å². The fraction of sp³-hybridized carbons (Fsp3) is 0.417. The van der Waals surface area contributed by atoms with Gasteiger partial charge < -0.3 is 19.4 Å². The molecule has 0 saturated carbocycles. The number of furan rings is 1. The lowest BCUT2D eigenvalue weighted by Crippen LogP contribution is -2.11. The van der Waals surface area contributed by atoms with Crippen molar-refractivity contribution in [2.24, 2.45) is 5.73 Å². The van der Waals surface area contributed by atoms with E-state index in [9.17, 15) is 0 Å². The standard InChI is InChI=1S/C12H16N2O3/c1-8(2)10-11(9-4-3-6-15-9)17-14-12(10)16-7-5-13/h3-4,6,8H,5,7,13H2,1-2H3. The highest BCUT2D eigenvalue weighted by Gasteiger charge is 2.23. The molecule has 0 spiro atoms. The first-order valence-electron chi connectivity index (χ1n) is 5.60. The van der Waals surface area contributed by atoms with Crippen molar-refractivity contribution >= 4 is 0 Å². The number of rotatable bonds is 5. The average Bonchev–Trinajstić information content (AvgIpc) is 2.94. The van der Waals surface area contributed by atoms with Crippen molar-refractivity contribution in [3.63, 3.8) is 0 Å². The van der Waals surface area contributed by atoms with Gasteiger partial charge in [-0.15, -0.1) is 0 Å². The zero-order valence-corrected chi connectivity index (χ0v) is 9.97. The lowest BCUT2D eigenvalue weighted by Gasteiger charge is -2.06. The van der Waals surface area contributed by atoms with E-state index in [1.165, 1.54) is 0 Å². The highest BCUT2D eigenvalue weighted by Crippen LogP contribution is 2.36. The molecule has 2 aromatic heterocycles. The molecule has 0 saturated heterocycles. The second-order valence-electron chi connectivity index (χ2n) is 4.00. The summed E-state index contributed by atoms with van der Waals surface area (Å²) in [5, 5.41) is 3.92. The Labute approximate surface area is 99.5 Å². The van der Waals surface area contributed by atoms with Gasteiger partial charge in [0, 0.05) is 6.54 Å². The Bertz CT molecular complexity index is 460. The monoisotopic (exact) mass is 236 g/mol. The van der Waals surface area contributed by atoms with Crippen LogP contribution in [0.1, 0.15) is 25.3 Å². The topological polar surface area (TPSA) is 74.4 Å². The van der Waals surface area contributed by atoms with Crippen molar-refractivity contribution in [3.05, 3.63) is 24.0 Å². The molecule has 0 amide bonds. The summed E-state index contributed by atoms with van der Waals surface area (Å²) in [5.41, 5.74) is 6.31. The minimum absolute atomic E-state index is 0.231. The summed E-state index contributed by atoms with van der Waals surface area (Å²) in [6, 6.07) is 3.64. The molecule has 0 fully saturated rings. The fourth-order valence-corrected chi connectivity index (χ4v) is 1.64. The van der Waals surface area contributed by atoms with Crippen LogP contribution < -0.4 is 10.5 Å². The minimum Gasteiger partial charge on any atom is -0.474 e. The molecule has 0 aliphatic rings. The van der Waals surface area contributed by atoms with Gasteiger partial charge in [-0.3, -0.25) is 0 Å². The van der Waals surface area contributed by atoms with Gasteiger partial charge >= 0.3 is 0 Å². The van der Waals surface area contributed by atoms with E-state index in [-0.39, 0.29) is 5.92 Å². The average molecular weight is 236 g/mol. The van der Waals surface area contributed by atoms with Crippen LogP contribution in [0.3, 0.4) is 0 Å². The Morgan fingerprint density at radius 1 is 1.47 bits per heavy atom. The van der Waals surface area contributed by atoms with E-state index in [0.717, 1.165) is 5.56 Å². The molecule has 5 nitrogen and oxygen atoms in total. The van der Waals surface area contributed by atoms with E-state index in [4.69, 9.17) is 19.4 Å². The lowest BCUT2D eigenvalue weighted by atomic mass is 10.0. The lowest BCUT2D eigenvalue weighted by molar-refractivity contribution is 0.286. The SMILES string of the molecule is CC(C)c1c(OCCN)noc1-c1ccco1. The molecule has 0 bridgehead atoms. The first kappa shape index (κ1) is 11.7. The third-order valence-electron chi connectivity index (χ3n) is 2.37. The molecule has 5 heteroatoms. The van der Waals surface area contributed by atoms with Crippen LogP contribution in [0.25, 0.3) is 11.5 Å². The first-order chi connectivity index (χ1) is 8.24. The second kappa shape index (κ2) is 5.05. The Balaban J connectivity index is 2.36. The highest BCUT2D eigenvalue weighted by atomic mass is 16.5. The Kier molecular flexibility index (Phi) is 3.49. The van der Waals surface area contributed by atoms with E-state index < -0.39 is 0 Å². The maximum Gasteiger partial charge on any atom is 0.258 e. The van der Waals surface area contributed by atoms with Crippen molar-refractivity contribution < 1.29 is 13.7 Å². The first-order valence-corrected chi connectivity index (χ1v) is 5.60. The summed E-state index contributed by atoms with van der Waals surface area (Å²) < 4.78 is 16.1. The molecule has 0 radical (unpaired) electrons. The van der Waals surface area contributed by atoms with Crippen molar-refractivity contribution in [1.82, 2.24) is 5.16 Å². The summed E-state index contributed by atoms with van der Waals surface area (Å²) >= 11 is 0. The summed E-state index contributed by atoms with van der Waals surface area (Å²) in [4.78, 5) is 0. The second-order valence-corrected chi connectivity index (χ2v) is 4.00. The molecule has 2 rings (SSSR count). The minimum atomic E-state index is 0.231. The normalized spacial score (nSPS) is 11.1. The van der Waals surface area contributed by atoms with E-state index in [0.29, 0.717) is 30.6 Å². The zero-order chi connectivity index (χ0) is 12.3. The van der Waals surface area contributed by atoms with Gasteiger partial charge in [-0.25, -0.2) is 0 Å². The summed E-state index contributed by atoms with van der Waals surface area (Å²) in [6.45, 7) is 4.97. The van der Waals surface area contributed by atoms with Gasteiger partial charge in [-0.1, -0.05) is 13.8 Å². The third-order valence-corrected chi connectivity index (χ3v) is 2.37. The van der Waals surface area contributed by atoms with Gasteiger partial charge in [0.1, 0.15) is 6.61 Å². The maximum absolute atomic E-state index is 5.45. The molecule has 0 aliphatic carbocycles. The molecule has 0 atom stereocenters. The number of aromatic nitrogens is 1. The van der Waals surface area contributed by atoms with E-state index >= 15 is 0 Å². The van der Waals surface area contributed by atoms with Crippen LogP contribution in [0.5, 0.6) is 5.88 Å². The Hall–Kier alpha value is -1.75. The number of nitrogens with zero attached hydrogens (tertiary/aromatic N) is 1. The Morgan fingerprint density at radius 2 is 2.29 bits per heavy atom.